The predicted molar refractivity (Wildman–Crippen MR) is 100.0 cm³/mol. The van der Waals surface area contributed by atoms with Gasteiger partial charge in [0.1, 0.15) is 5.75 Å². The lowest BCUT2D eigenvalue weighted by molar-refractivity contribution is -0.120. The molecule has 128 valence electrons. The Bertz CT molecular complexity index is 895. The number of fused-ring (bicyclic) bond motifs is 1. The van der Waals surface area contributed by atoms with E-state index < -0.39 is 0 Å². The van der Waals surface area contributed by atoms with Crippen LogP contribution in [0.15, 0.2) is 59.8 Å². The van der Waals surface area contributed by atoms with E-state index in [1.807, 2.05) is 67.2 Å². The molecular formula is C20H21N3O2. The van der Waals surface area contributed by atoms with Gasteiger partial charge in [-0.25, -0.2) is 5.43 Å². The van der Waals surface area contributed by atoms with Crippen LogP contribution < -0.4 is 10.2 Å². The molecular weight excluding hydrogens is 314 g/mol. The smallest absolute Gasteiger partial charge is 0.244 e. The van der Waals surface area contributed by atoms with Crippen molar-refractivity contribution >= 4 is 23.0 Å². The average Bonchev–Trinajstić information content (AvgIpc) is 2.93. The largest absolute Gasteiger partial charge is 0.494 e. The van der Waals surface area contributed by atoms with Gasteiger partial charge < -0.3 is 9.30 Å². The Balaban J connectivity index is 1.60. The molecule has 0 aliphatic rings. The molecule has 1 N–H and O–H groups in total. The quantitative estimate of drug-likeness (QED) is 0.555. The van der Waals surface area contributed by atoms with E-state index in [0.29, 0.717) is 6.61 Å². The van der Waals surface area contributed by atoms with E-state index in [1.165, 1.54) is 0 Å². The standard InChI is InChI=1S/C20H21N3O2/c1-3-25-17-10-8-15(9-11-17)12-20(24)22-21-13-16-14-23(2)19-7-5-4-6-18(16)19/h4-11,13-14H,3,12H2,1-2H3,(H,22,24)/b21-13-. The zero-order valence-electron chi connectivity index (χ0n) is 14.4. The molecule has 3 rings (SSSR count). The molecule has 0 atom stereocenters. The number of aryl methyl sites for hydroxylation is 1. The second-order valence-corrected chi connectivity index (χ2v) is 5.76. The summed E-state index contributed by atoms with van der Waals surface area (Å²) in [5.74, 6) is 0.654. The highest BCUT2D eigenvalue weighted by Crippen LogP contribution is 2.18. The van der Waals surface area contributed by atoms with E-state index in [2.05, 4.69) is 16.6 Å². The topological polar surface area (TPSA) is 55.6 Å². The van der Waals surface area contributed by atoms with E-state index in [0.717, 1.165) is 27.8 Å². The van der Waals surface area contributed by atoms with Crippen LogP contribution in [0.1, 0.15) is 18.1 Å². The first-order valence-electron chi connectivity index (χ1n) is 8.25. The fourth-order valence-corrected chi connectivity index (χ4v) is 2.74. The summed E-state index contributed by atoms with van der Waals surface area (Å²) in [4.78, 5) is 12.0. The summed E-state index contributed by atoms with van der Waals surface area (Å²) in [6.45, 7) is 2.57. The molecule has 25 heavy (non-hydrogen) atoms. The molecule has 1 aromatic heterocycles. The molecule has 0 saturated carbocycles. The first kappa shape index (κ1) is 16.8. The number of hydrogen-bond donors (Lipinski definition) is 1. The van der Waals surface area contributed by atoms with Gasteiger partial charge in [-0.2, -0.15) is 5.10 Å². The highest BCUT2D eigenvalue weighted by Gasteiger charge is 2.05. The Morgan fingerprint density at radius 2 is 1.96 bits per heavy atom. The third-order valence-electron chi connectivity index (χ3n) is 3.92. The minimum Gasteiger partial charge on any atom is -0.494 e. The highest BCUT2D eigenvalue weighted by molar-refractivity contribution is 5.99. The zero-order valence-corrected chi connectivity index (χ0v) is 14.4. The number of amides is 1. The summed E-state index contributed by atoms with van der Waals surface area (Å²) in [6.07, 6.45) is 3.95. The van der Waals surface area contributed by atoms with Crippen LogP contribution in [-0.4, -0.2) is 23.3 Å². The number of carbonyl (C=O) groups is 1. The molecule has 0 fully saturated rings. The summed E-state index contributed by atoms with van der Waals surface area (Å²) in [6, 6.07) is 15.6. The number of rotatable bonds is 6. The monoisotopic (exact) mass is 335 g/mol. The van der Waals surface area contributed by atoms with Crippen molar-refractivity contribution in [3.63, 3.8) is 0 Å². The van der Waals surface area contributed by atoms with E-state index in [9.17, 15) is 4.79 Å². The normalized spacial score (nSPS) is 11.1. The van der Waals surface area contributed by atoms with Crippen LogP contribution in [-0.2, 0) is 18.3 Å². The minimum atomic E-state index is -0.152. The first-order chi connectivity index (χ1) is 12.2. The number of carbonyl (C=O) groups excluding carboxylic acids is 1. The number of para-hydroxylation sites is 1. The number of hydrazone groups is 1. The Labute approximate surface area is 146 Å². The Morgan fingerprint density at radius 1 is 1.20 bits per heavy atom. The molecule has 0 spiro atoms. The summed E-state index contributed by atoms with van der Waals surface area (Å²) < 4.78 is 7.43. The molecule has 0 aliphatic carbocycles. The number of benzene rings is 2. The van der Waals surface area contributed by atoms with Gasteiger partial charge in [-0.1, -0.05) is 30.3 Å². The molecule has 0 saturated heterocycles. The van der Waals surface area contributed by atoms with Crippen molar-refractivity contribution in [3.05, 3.63) is 65.9 Å². The average molecular weight is 335 g/mol. The highest BCUT2D eigenvalue weighted by atomic mass is 16.5. The Kier molecular flexibility index (Phi) is 5.14. The molecule has 5 nitrogen and oxygen atoms in total. The van der Waals surface area contributed by atoms with Crippen LogP contribution >= 0.6 is 0 Å². The van der Waals surface area contributed by atoms with Crippen LogP contribution in [0.5, 0.6) is 5.75 Å². The minimum absolute atomic E-state index is 0.152. The second kappa shape index (κ2) is 7.66. The second-order valence-electron chi connectivity index (χ2n) is 5.76. The van der Waals surface area contributed by atoms with Crippen molar-refractivity contribution in [1.82, 2.24) is 9.99 Å². The van der Waals surface area contributed by atoms with Crippen LogP contribution in [0.3, 0.4) is 0 Å². The van der Waals surface area contributed by atoms with Crippen LogP contribution in [0.2, 0.25) is 0 Å². The summed E-state index contributed by atoms with van der Waals surface area (Å²) in [5, 5.41) is 5.19. The van der Waals surface area contributed by atoms with Gasteiger partial charge in [0, 0.05) is 29.7 Å². The maximum atomic E-state index is 12.0. The molecule has 2 aromatic carbocycles. The van der Waals surface area contributed by atoms with Crippen LogP contribution in [0.25, 0.3) is 10.9 Å². The fourth-order valence-electron chi connectivity index (χ4n) is 2.74. The van der Waals surface area contributed by atoms with Gasteiger partial charge in [0.2, 0.25) is 5.91 Å². The number of hydrogen-bond acceptors (Lipinski definition) is 3. The maximum absolute atomic E-state index is 12.0. The summed E-state index contributed by atoms with van der Waals surface area (Å²) in [7, 11) is 1.99. The van der Waals surface area contributed by atoms with Crippen molar-refractivity contribution < 1.29 is 9.53 Å². The molecule has 0 bridgehead atoms. The molecule has 5 heteroatoms. The summed E-state index contributed by atoms with van der Waals surface area (Å²) in [5.41, 5.74) is 5.60. The third-order valence-corrected chi connectivity index (χ3v) is 3.92. The number of ether oxygens (including phenoxy) is 1. The van der Waals surface area contributed by atoms with Gasteiger partial charge in [0.05, 0.1) is 19.2 Å². The van der Waals surface area contributed by atoms with Gasteiger partial charge in [0.25, 0.3) is 0 Å². The lowest BCUT2D eigenvalue weighted by Gasteiger charge is -2.04. The molecule has 0 radical (unpaired) electrons. The lowest BCUT2D eigenvalue weighted by Crippen LogP contribution is -2.19. The van der Waals surface area contributed by atoms with Gasteiger partial charge in [0.15, 0.2) is 0 Å². The molecule has 0 aliphatic heterocycles. The lowest BCUT2D eigenvalue weighted by atomic mass is 10.1. The number of nitrogens with one attached hydrogen (secondary N) is 1. The van der Waals surface area contributed by atoms with Crippen molar-refractivity contribution in [2.75, 3.05) is 6.61 Å². The zero-order chi connectivity index (χ0) is 17.6. The van der Waals surface area contributed by atoms with Crippen molar-refractivity contribution in [2.45, 2.75) is 13.3 Å². The van der Waals surface area contributed by atoms with Crippen LogP contribution in [0.4, 0.5) is 0 Å². The number of nitrogens with zero attached hydrogens (tertiary/aromatic N) is 2. The molecule has 3 aromatic rings. The van der Waals surface area contributed by atoms with E-state index in [1.54, 1.807) is 6.21 Å². The predicted octanol–water partition coefficient (Wildman–Crippen LogP) is 3.27. The van der Waals surface area contributed by atoms with Crippen molar-refractivity contribution in [1.29, 1.82) is 0 Å². The van der Waals surface area contributed by atoms with Gasteiger partial charge in [-0.05, 0) is 30.7 Å². The third kappa shape index (κ3) is 4.07. The van der Waals surface area contributed by atoms with Gasteiger partial charge >= 0.3 is 0 Å². The van der Waals surface area contributed by atoms with Crippen molar-refractivity contribution in [3.8, 4) is 5.75 Å². The molecule has 0 unspecified atom stereocenters. The fraction of sp³-hybridized carbons (Fsp3) is 0.200. The van der Waals surface area contributed by atoms with Gasteiger partial charge in [-0.3, -0.25) is 4.79 Å². The van der Waals surface area contributed by atoms with E-state index in [4.69, 9.17) is 4.74 Å². The SMILES string of the molecule is CCOc1ccc(CC(=O)N/N=C\c2cn(C)c3ccccc23)cc1. The Hall–Kier alpha value is -3.08. The molecule has 1 heterocycles. The van der Waals surface area contributed by atoms with Gasteiger partial charge in [-0.15, -0.1) is 0 Å². The van der Waals surface area contributed by atoms with Crippen LogP contribution in [0, 0.1) is 0 Å². The van der Waals surface area contributed by atoms with E-state index >= 15 is 0 Å². The van der Waals surface area contributed by atoms with E-state index in [-0.39, 0.29) is 12.3 Å². The maximum Gasteiger partial charge on any atom is 0.244 e. The number of aromatic nitrogens is 1. The first-order valence-corrected chi connectivity index (χ1v) is 8.25. The Morgan fingerprint density at radius 3 is 2.72 bits per heavy atom. The summed E-state index contributed by atoms with van der Waals surface area (Å²) >= 11 is 0. The molecule has 1 amide bonds. The van der Waals surface area contributed by atoms with Crippen molar-refractivity contribution in [2.24, 2.45) is 12.1 Å².